The van der Waals surface area contributed by atoms with Crippen molar-refractivity contribution in [3.63, 3.8) is 0 Å². The van der Waals surface area contributed by atoms with E-state index in [-0.39, 0.29) is 30.5 Å². The van der Waals surface area contributed by atoms with E-state index in [1.54, 1.807) is 59.5 Å². The van der Waals surface area contributed by atoms with Gasteiger partial charge in [-0.1, -0.05) is 42.5 Å². The molecule has 0 N–H and O–H groups in total. The second kappa shape index (κ2) is 9.86. The van der Waals surface area contributed by atoms with Gasteiger partial charge in [0.1, 0.15) is 5.75 Å². The van der Waals surface area contributed by atoms with Crippen molar-refractivity contribution in [1.29, 1.82) is 5.26 Å². The van der Waals surface area contributed by atoms with Crippen LogP contribution >= 0.6 is 0 Å². The van der Waals surface area contributed by atoms with Gasteiger partial charge in [0.25, 0.3) is 5.91 Å². The first-order chi connectivity index (χ1) is 16.0. The zero-order valence-electron chi connectivity index (χ0n) is 17.9. The van der Waals surface area contributed by atoms with Gasteiger partial charge in [0, 0.05) is 26.2 Å². The average molecular weight is 462 g/mol. The van der Waals surface area contributed by atoms with Crippen LogP contribution in [0.15, 0.2) is 83.8 Å². The SMILES string of the molecule is N#Cc1ccc(-c2ccc(OCC(=O)N3CCN(S(=O)(=O)c4ccccc4)CC3)cc2)cc1. The molecule has 0 aromatic heterocycles. The minimum absolute atomic E-state index is 0.109. The van der Waals surface area contributed by atoms with Gasteiger partial charge in [-0.05, 0) is 47.5 Å². The molecular formula is C25H23N3O4S. The van der Waals surface area contributed by atoms with Crippen LogP contribution in [0.3, 0.4) is 0 Å². The van der Waals surface area contributed by atoms with Crippen LogP contribution in [0, 0.1) is 11.3 Å². The summed E-state index contributed by atoms with van der Waals surface area (Å²) in [5, 5.41) is 8.90. The van der Waals surface area contributed by atoms with Gasteiger partial charge in [-0.15, -0.1) is 0 Å². The van der Waals surface area contributed by atoms with Crippen LogP contribution in [-0.4, -0.2) is 56.3 Å². The van der Waals surface area contributed by atoms with Crippen molar-refractivity contribution in [2.24, 2.45) is 0 Å². The number of nitriles is 1. The number of benzene rings is 3. The highest BCUT2D eigenvalue weighted by Crippen LogP contribution is 2.23. The molecular weight excluding hydrogens is 438 g/mol. The lowest BCUT2D eigenvalue weighted by molar-refractivity contribution is -0.134. The molecule has 3 aromatic carbocycles. The van der Waals surface area contributed by atoms with E-state index in [2.05, 4.69) is 6.07 Å². The normalized spacial score (nSPS) is 14.5. The molecule has 4 rings (SSSR count). The molecule has 168 valence electrons. The van der Waals surface area contributed by atoms with Crippen molar-refractivity contribution < 1.29 is 17.9 Å². The topological polar surface area (TPSA) is 90.7 Å². The van der Waals surface area contributed by atoms with E-state index in [0.29, 0.717) is 24.4 Å². The molecule has 3 aromatic rings. The highest BCUT2D eigenvalue weighted by Gasteiger charge is 2.30. The lowest BCUT2D eigenvalue weighted by Crippen LogP contribution is -2.51. The second-order valence-electron chi connectivity index (χ2n) is 7.60. The quantitative estimate of drug-likeness (QED) is 0.563. The largest absolute Gasteiger partial charge is 0.484 e. The summed E-state index contributed by atoms with van der Waals surface area (Å²) in [7, 11) is -3.55. The summed E-state index contributed by atoms with van der Waals surface area (Å²) in [6, 6.07) is 25.1. The summed E-state index contributed by atoms with van der Waals surface area (Å²) in [5.74, 6) is 0.397. The number of nitrogens with zero attached hydrogens (tertiary/aromatic N) is 3. The van der Waals surface area contributed by atoms with E-state index in [1.807, 2.05) is 24.3 Å². The highest BCUT2D eigenvalue weighted by molar-refractivity contribution is 7.89. The van der Waals surface area contributed by atoms with E-state index in [1.165, 1.54) is 4.31 Å². The number of amides is 1. The predicted molar refractivity (Wildman–Crippen MR) is 124 cm³/mol. The first kappa shape index (κ1) is 22.5. The third-order valence-corrected chi connectivity index (χ3v) is 7.45. The second-order valence-corrected chi connectivity index (χ2v) is 9.54. The number of rotatable bonds is 6. The molecule has 0 radical (unpaired) electrons. The number of hydrogen-bond donors (Lipinski definition) is 0. The fraction of sp³-hybridized carbons (Fsp3) is 0.200. The molecule has 7 nitrogen and oxygen atoms in total. The highest BCUT2D eigenvalue weighted by atomic mass is 32.2. The van der Waals surface area contributed by atoms with Gasteiger partial charge in [-0.25, -0.2) is 8.42 Å². The Bertz CT molecular complexity index is 1240. The monoisotopic (exact) mass is 461 g/mol. The van der Waals surface area contributed by atoms with Crippen LogP contribution in [0.5, 0.6) is 5.75 Å². The molecule has 0 aliphatic carbocycles. The summed E-state index contributed by atoms with van der Waals surface area (Å²) in [6.45, 7) is 1.05. The smallest absolute Gasteiger partial charge is 0.260 e. The molecule has 0 spiro atoms. The number of hydrogen-bond acceptors (Lipinski definition) is 5. The van der Waals surface area contributed by atoms with Gasteiger partial charge in [-0.2, -0.15) is 9.57 Å². The van der Waals surface area contributed by atoms with E-state index in [4.69, 9.17) is 10.00 Å². The Hall–Kier alpha value is -3.67. The molecule has 8 heteroatoms. The molecule has 0 atom stereocenters. The van der Waals surface area contributed by atoms with Gasteiger partial charge in [-0.3, -0.25) is 4.79 Å². The lowest BCUT2D eigenvalue weighted by Gasteiger charge is -2.33. The molecule has 33 heavy (non-hydrogen) atoms. The third kappa shape index (κ3) is 5.22. The van der Waals surface area contributed by atoms with Gasteiger partial charge in [0.2, 0.25) is 10.0 Å². The van der Waals surface area contributed by atoms with E-state index < -0.39 is 10.0 Å². The van der Waals surface area contributed by atoms with E-state index in [9.17, 15) is 13.2 Å². The fourth-order valence-corrected chi connectivity index (χ4v) is 5.08. The Morgan fingerprint density at radius 1 is 0.848 bits per heavy atom. The van der Waals surface area contributed by atoms with E-state index >= 15 is 0 Å². The first-order valence-electron chi connectivity index (χ1n) is 10.5. The molecule has 1 aliphatic heterocycles. The predicted octanol–water partition coefficient (Wildman–Crippen LogP) is 3.14. The minimum Gasteiger partial charge on any atom is -0.484 e. The Morgan fingerprint density at radius 2 is 1.42 bits per heavy atom. The summed E-state index contributed by atoms with van der Waals surface area (Å²) in [4.78, 5) is 14.4. The Kier molecular flexibility index (Phi) is 6.73. The van der Waals surface area contributed by atoms with Crippen LogP contribution in [-0.2, 0) is 14.8 Å². The lowest BCUT2D eigenvalue weighted by atomic mass is 10.0. The maximum Gasteiger partial charge on any atom is 0.260 e. The molecule has 1 amide bonds. The maximum absolute atomic E-state index is 12.7. The zero-order valence-corrected chi connectivity index (χ0v) is 18.7. The van der Waals surface area contributed by atoms with Gasteiger partial charge < -0.3 is 9.64 Å². The summed E-state index contributed by atoms with van der Waals surface area (Å²) < 4.78 is 32.5. The molecule has 0 bridgehead atoms. The molecule has 1 aliphatic rings. The number of sulfonamides is 1. The summed E-state index contributed by atoms with van der Waals surface area (Å²) in [6.07, 6.45) is 0. The molecule has 1 fully saturated rings. The summed E-state index contributed by atoms with van der Waals surface area (Å²) in [5.41, 5.74) is 2.57. The van der Waals surface area contributed by atoms with Crippen molar-refractivity contribution in [1.82, 2.24) is 9.21 Å². The first-order valence-corrected chi connectivity index (χ1v) is 12.0. The van der Waals surface area contributed by atoms with Crippen LogP contribution in [0.2, 0.25) is 0 Å². The Morgan fingerprint density at radius 3 is 2.00 bits per heavy atom. The van der Waals surface area contributed by atoms with Gasteiger partial charge >= 0.3 is 0 Å². The standard InChI is InChI=1S/C25H23N3O4S/c26-18-20-6-8-21(9-7-20)22-10-12-23(13-11-22)32-19-25(29)27-14-16-28(17-15-27)33(30,31)24-4-2-1-3-5-24/h1-13H,14-17,19H2. The van der Waals surface area contributed by atoms with E-state index in [0.717, 1.165) is 11.1 Å². The van der Waals surface area contributed by atoms with Crippen molar-refractivity contribution in [2.75, 3.05) is 32.8 Å². The number of piperazine rings is 1. The molecule has 0 saturated carbocycles. The van der Waals surface area contributed by atoms with Crippen molar-refractivity contribution in [3.8, 4) is 22.9 Å². The molecule has 0 unspecified atom stereocenters. The average Bonchev–Trinajstić information content (AvgIpc) is 2.88. The van der Waals surface area contributed by atoms with Gasteiger partial charge in [0.05, 0.1) is 16.5 Å². The van der Waals surface area contributed by atoms with Crippen molar-refractivity contribution in [2.45, 2.75) is 4.90 Å². The number of carbonyl (C=O) groups is 1. The maximum atomic E-state index is 12.7. The molecule has 1 heterocycles. The fourth-order valence-electron chi connectivity index (χ4n) is 3.64. The number of ether oxygens (including phenoxy) is 1. The molecule has 1 saturated heterocycles. The van der Waals surface area contributed by atoms with Crippen molar-refractivity contribution in [3.05, 3.63) is 84.4 Å². The Labute approximate surface area is 193 Å². The minimum atomic E-state index is -3.55. The summed E-state index contributed by atoms with van der Waals surface area (Å²) >= 11 is 0. The third-order valence-electron chi connectivity index (χ3n) is 5.54. The van der Waals surface area contributed by atoms with Crippen LogP contribution in [0.25, 0.3) is 11.1 Å². The number of carbonyl (C=O) groups excluding carboxylic acids is 1. The zero-order chi connectivity index (χ0) is 23.3. The van der Waals surface area contributed by atoms with Crippen LogP contribution in [0.1, 0.15) is 5.56 Å². The van der Waals surface area contributed by atoms with Crippen LogP contribution in [0.4, 0.5) is 0 Å². The van der Waals surface area contributed by atoms with Gasteiger partial charge in [0.15, 0.2) is 6.61 Å². The Balaban J connectivity index is 1.28. The van der Waals surface area contributed by atoms with Crippen LogP contribution < -0.4 is 4.74 Å². The van der Waals surface area contributed by atoms with Crippen molar-refractivity contribution >= 4 is 15.9 Å².